The molecule has 1 aliphatic heterocycles. The quantitative estimate of drug-likeness (QED) is 0.774. The second-order valence-corrected chi connectivity index (χ2v) is 8.04. The first kappa shape index (κ1) is 16.5. The molecule has 1 aromatic heterocycles. The highest BCUT2D eigenvalue weighted by atomic mass is 32.2. The van der Waals surface area contributed by atoms with Crippen LogP contribution in [0.2, 0.25) is 0 Å². The SMILES string of the molecule is CCCNCCn1cc(S(=O)(=O)N2CCCC2(C)C)cn1. The van der Waals surface area contributed by atoms with Gasteiger partial charge in [-0.3, -0.25) is 4.68 Å². The van der Waals surface area contributed by atoms with E-state index in [1.807, 2.05) is 13.8 Å². The van der Waals surface area contributed by atoms with Crippen molar-refractivity contribution in [2.75, 3.05) is 19.6 Å². The summed E-state index contributed by atoms with van der Waals surface area (Å²) < 4.78 is 28.7. The van der Waals surface area contributed by atoms with Gasteiger partial charge in [0.2, 0.25) is 10.0 Å². The van der Waals surface area contributed by atoms with Crippen molar-refractivity contribution >= 4 is 10.0 Å². The molecule has 21 heavy (non-hydrogen) atoms. The standard InChI is InChI=1S/C14H26N4O2S/c1-4-7-15-8-10-17-12-13(11-16-17)21(19,20)18-9-5-6-14(18,2)3/h11-12,15H,4-10H2,1-3H3. The van der Waals surface area contributed by atoms with Gasteiger partial charge in [-0.2, -0.15) is 9.40 Å². The molecular weight excluding hydrogens is 288 g/mol. The molecule has 0 saturated carbocycles. The molecule has 0 radical (unpaired) electrons. The summed E-state index contributed by atoms with van der Waals surface area (Å²) in [6, 6.07) is 0. The first-order valence-corrected chi connectivity index (χ1v) is 9.08. The Morgan fingerprint density at radius 3 is 2.76 bits per heavy atom. The zero-order valence-electron chi connectivity index (χ0n) is 13.2. The maximum absolute atomic E-state index is 12.7. The van der Waals surface area contributed by atoms with E-state index in [-0.39, 0.29) is 5.54 Å². The van der Waals surface area contributed by atoms with Crippen LogP contribution in [0.4, 0.5) is 0 Å². The number of hydrogen-bond acceptors (Lipinski definition) is 4. The number of nitrogens with zero attached hydrogens (tertiary/aromatic N) is 3. The summed E-state index contributed by atoms with van der Waals surface area (Å²) in [6.07, 6.45) is 6.01. The van der Waals surface area contributed by atoms with Gasteiger partial charge in [0, 0.05) is 24.8 Å². The van der Waals surface area contributed by atoms with Crippen LogP contribution < -0.4 is 5.32 Å². The Morgan fingerprint density at radius 1 is 1.38 bits per heavy atom. The Bertz CT molecular complexity index is 565. The average molecular weight is 314 g/mol. The molecule has 120 valence electrons. The Balaban J connectivity index is 2.06. The molecule has 0 spiro atoms. The molecule has 1 N–H and O–H groups in total. The number of hydrogen-bond donors (Lipinski definition) is 1. The highest BCUT2D eigenvalue weighted by Crippen LogP contribution is 2.33. The van der Waals surface area contributed by atoms with Gasteiger partial charge in [0.25, 0.3) is 0 Å². The Hall–Kier alpha value is -0.920. The molecule has 0 atom stereocenters. The molecule has 6 nitrogen and oxygen atoms in total. The molecule has 0 bridgehead atoms. The second kappa shape index (κ2) is 6.46. The van der Waals surface area contributed by atoms with Crippen molar-refractivity contribution in [2.45, 2.75) is 57.0 Å². The molecule has 0 aromatic carbocycles. The van der Waals surface area contributed by atoms with Crippen molar-refractivity contribution in [3.05, 3.63) is 12.4 Å². The summed E-state index contributed by atoms with van der Waals surface area (Å²) in [7, 11) is -3.43. The highest BCUT2D eigenvalue weighted by Gasteiger charge is 2.41. The van der Waals surface area contributed by atoms with Gasteiger partial charge in [-0.15, -0.1) is 0 Å². The van der Waals surface area contributed by atoms with Crippen LogP contribution in [0.5, 0.6) is 0 Å². The van der Waals surface area contributed by atoms with E-state index in [1.165, 1.54) is 6.20 Å². The van der Waals surface area contributed by atoms with E-state index in [1.54, 1.807) is 15.2 Å². The van der Waals surface area contributed by atoms with Crippen LogP contribution in [0.3, 0.4) is 0 Å². The Labute approximate surface area is 127 Å². The van der Waals surface area contributed by atoms with E-state index in [9.17, 15) is 8.42 Å². The van der Waals surface area contributed by atoms with Gasteiger partial charge in [0.05, 0.1) is 12.7 Å². The normalized spacial score (nSPS) is 19.2. The van der Waals surface area contributed by atoms with Gasteiger partial charge < -0.3 is 5.32 Å². The summed E-state index contributed by atoms with van der Waals surface area (Å²) in [5.74, 6) is 0. The smallest absolute Gasteiger partial charge is 0.246 e. The van der Waals surface area contributed by atoms with Crippen LogP contribution in [0.25, 0.3) is 0 Å². The number of aromatic nitrogens is 2. The third-order valence-corrected chi connectivity index (χ3v) is 6.03. The highest BCUT2D eigenvalue weighted by molar-refractivity contribution is 7.89. The molecule has 2 rings (SSSR count). The Kier molecular flexibility index (Phi) is 5.06. The van der Waals surface area contributed by atoms with Gasteiger partial charge in [-0.05, 0) is 39.7 Å². The van der Waals surface area contributed by atoms with Gasteiger partial charge in [0.15, 0.2) is 0 Å². The number of rotatable bonds is 7. The van der Waals surface area contributed by atoms with Gasteiger partial charge in [-0.25, -0.2) is 8.42 Å². The molecule has 1 saturated heterocycles. The van der Waals surface area contributed by atoms with Crippen molar-refractivity contribution in [1.29, 1.82) is 0 Å². The zero-order valence-corrected chi connectivity index (χ0v) is 14.0. The van der Waals surface area contributed by atoms with E-state index in [0.29, 0.717) is 18.0 Å². The lowest BCUT2D eigenvalue weighted by molar-refractivity contribution is 0.291. The molecule has 1 fully saturated rings. The van der Waals surface area contributed by atoms with Gasteiger partial charge in [0.1, 0.15) is 4.90 Å². The molecule has 7 heteroatoms. The third kappa shape index (κ3) is 3.64. The monoisotopic (exact) mass is 314 g/mol. The lowest BCUT2D eigenvalue weighted by atomic mass is 10.0. The number of nitrogens with one attached hydrogen (secondary N) is 1. The van der Waals surface area contributed by atoms with Crippen molar-refractivity contribution < 1.29 is 8.42 Å². The van der Waals surface area contributed by atoms with Crippen molar-refractivity contribution in [3.63, 3.8) is 0 Å². The minimum atomic E-state index is -3.43. The fourth-order valence-corrected chi connectivity index (χ4v) is 4.55. The Morgan fingerprint density at radius 2 is 2.14 bits per heavy atom. The topological polar surface area (TPSA) is 67.2 Å². The van der Waals surface area contributed by atoms with Crippen LogP contribution in [0.15, 0.2) is 17.3 Å². The van der Waals surface area contributed by atoms with Crippen LogP contribution in [-0.4, -0.2) is 47.7 Å². The fourth-order valence-electron chi connectivity index (χ4n) is 2.75. The van der Waals surface area contributed by atoms with E-state index in [0.717, 1.165) is 32.4 Å². The second-order valence-electron chi connectivity index (χ2n) is 6.18. The lowest BCUT2D eigenvalue weighted by Gasteiger charge is -2.29. The summed E-state index contributed by atoms with van der Waals surface area (Å²) >= 11 is 0. The molecule has 2 heterocycles. The van der Waals surface area contributed by atoms with Crippen molar-refractivity contribution in [3.8, 4) is 0 Å². The van der Waals surface area contributed by atoms with Crippen LogP contribution in [0.1, 0.15) is 40.0 Å². The van der Waals surface area contributed by atoms with Gasteiger partial charge >= 0.3 is 0 Å². The van der Waals surface area contributed by atoms with Crippen LogP contribution in [-0.2, 0) is 16.6 Å². The first-order chi connectivity index (χ1) is 9.88. The van der Waals surface area contributed by atoms with E-state index < -0.39 is 10.0 Å². The third-order valence-electron chi connectivity index (χ3n) is 3.97. The van der Waals surface area contributed by atoms with Crippen LogP contribution >= 0.6 is 0 Å². The molecule has 1 aromatic rings. The molecule has 0 unspecified atom stereocenters. The van der Waals surface area contributed by atoms with E-state index in [4.69, 9.17) is 0 Å². The summed E-state index contributed by atoms with van der Waals surface area (Å²) in [5, 5.41) is 7.45. The zero-order chi connectivity index (χ0) is 15.5. The van der Waals surface area contributed by atoms with E-state index in [2.05, 4.69) is 17.3 Å². The van der Waals surface area contributed by atoms with Crippen molar-refractivity contribution in [2.24, 2.45) is 0 Å². The predicted molar refractivity (Wildman–Crippen MR) is 82.6 cm³/mol. The molecule has 1 aliphatic rings. The lowest BCUT2D eigenvalue weighted by Crippen LogP contribution is -2.42. The largest absolute Gasteiger partial charge is 0.315 e. The minimum absolute atomic E-state index is 0.299. The van der Waals surface area contributed by atoms with Gasteiger partial charge in [-0.1, -0.05) is 6.92 Å². The summed E-state index contributed by atoms with van der Waals surface area (Å²) in [5.41, 5.74) is -0.302. The maximum Gasteiger partial charge on any atom is 0.246 e. The summed E-state index contributed by atoms with van der Waals surface area (Å²) in [6.45, 7) is 9.12. The predicted octanol–water partition coefficient (Wildman–Crippen LogP) is 1.45. The summed E-state index contributed by atoms with van der Waals surface area (Å²) in [4.78, 5) is 0.299. The average Bonchev–Trinajstić information content (AvgIpc) is 3.01. The van der Waals surface area contributed by atoms with Crippen LogP contribution in [0, 0.1) is 0 Å². The molecular formula is C14H26N4O2S. The van der Waals surface area contributed by atoms with E-state index >= 15 is 0 Å². The van der Waals surface area contributed by atoms with Crippen molar-refractivity contribution in [1.82, 2.24) is 19.4 Å². The maximum atomic E-state index is 12.7. The fraction of sp³-hybridized carbons (Fsp3) is 0.786. The number of sulfonamides is 1. The minimum Gasteiger partial charge on any atom is -0.315 e. The molecule has 0 amide bonds. The first-order valence-electron chi connectivity index (χ1n) is 7.64. The molecule has 0 aliphatic carbocycles.